The second-order valence-corrected chi connectivity index (χ2v) is 7.68. The highest BCUT2D eigenvalue weighted by molar-refractivity contribution is 7.17. The number of benzene rings is 1. The van der Waals surface area contributed by atoms with Crippen molar-refractivity contribution in [1.29, 1.82) is 5.41 Å². The Morgan fingerprint density at radius 2 is 1.65 bits per heavy atom. The van der Waals surface area contributed by atoms with Gasteiger partial charge in [-0.15, -0.1) is 22.7 Å². The van der Waals surface area contributed by atoms with Gasteiger partial charge >= 0.3 is 11.9 Å². The zero-order chi connectivity index (χ0) is 18.8. The van der Waals surface area contributed by atoms with Gasteiger partial charge in [0.25, 0.3) is 0 Å². The summed E-state index contributed by atoms with van der Waals surface area (Å²) in [5.41, 5.74) is 2.81. The fourth-order valence-corrected chi connectivity index (χ4v) is 4.68. The summed E-state index contributed by atoms with van der Waals surface area (Å²) in [7, 11) is 0. The van der Waals surface area contributed by atoms with Crippen LogP contribution < -0.4 is 0 Å². The highest BCUT2D eigenvalue weighted by Gasteiger charge is 2.22. The minimum absolute atomic E-state index is 0.234. The van der Waals surface area contributed by atoms with Crippen molar-refractivity contribution >= 4 is 40.8 Å². The molecule has 0 unspecified atom stereocenters. The SMILES string of the molecule is CCc1sc(C(=O)O)c(-c2ccc(-c3ccc(C(=O)O)s3)cc2)c1C=N. The quantitative estimate of drug-likeness (QED) is 0.514. The first-order chi connectivity index (χ1) is 12.5. The molecule has 0 fully saturated rings. The monoisotopic (exact) mass is 385 g/mol. The van der Waals surface area contributed by atoms with Crippen LogP contribution in [0.15, 0.2) is 36.4 Å². The second-order valence-electron chi connectivity index (χ2n) is 5.49. The van der Waals surface area contributed by atoms with Gasteiger partial charge in [0.2, 0.25) is 0 Å². The first-order valence-electron chi connectivity index (χ1n) is 7.79. The minimum atomic E-state index is -0.999. The van der Waals surface area contributed by atoms with E-state index in [4.69, 9.17) is 10.5 Å². The summed E-state index contributed by atoms with van der Waals surface area (Å²) in [6.07, 6.45) is 1.88. The lowest BCUT2D eigenvalue weighted by molar-refractivity contribution is 0.0691. The van der Waals surface area contributed by atoms with Gasteiger partial charge in [-0.25, -0.2) is 9.59 Å². The largest absolute Gasteiger partial charge is 0.477 e. The smallest absolute Gasteiger partial charge is 0.346 e. The maximum Gasteiger partial charge on any atom is 0.346 e. The van der Waals surface area contributed by atoms with Gasteiger partial charge in [-0.05, 0) is 29.7 Å². The van der Waals surface area contributed by atoms with E-state index in [1.165, 1.54) is 28.9 Å². The van der Waals surface area contributed by atoms with Crippen molar-refractivity contribution in [2.24, 2.45) is 0 Å². The summed E-state index contributed by atoms with van der Waals surface area (Å²) in [5, 5.41) is 26.2. The molecule has 132 valence electrons. The zero-order valence-corrected chi connectivity index (χ0v) is 15.4. The van der Waals surface area contributed by atoms with Gasteiger partial charge in [0.1, 0.15) is 9.75 Å². The molecule has 0 spiro atoms. The van der Waals surface area contributed by atoms with Gasteiger partial charge in [0, 0.05) is 27.1 Å². The Morgan fingerprint density at radius 3 is 2.15 bits per heavy atom. The van der Waals surface area contributed by atoms with Crippen LogP contribution in [0.4, 0.5) is 0 Å². The summed E-state index contributed by atoms with van der Waals surface area (Å²) in [4.78, 5) is 24.9. The van der Waals surface area contributed by atoms with Gasteiger partial charge in [0.15, 0.2) is 0 Å². The van der Waals surface area contributed by atoms with E-state index >= 15 is 0 Å². The van der Waals surface area contributed by atoms with Crippen LogP contribution in [0.5, 0.6) is 0 Å². The highest BCUT2D eigenvalue weighted by atomic mass is 32.1. The predicted octanol–water partition coefficient (Wildman–Crippen LogP) is 5.10. The lowest BCUT2D eigenvalue weighted by atomic mass is 9.98. The molecule has 2 aromatic heterocycles. The molecule has 0 aliphatic heterocycles. The van der Waals surface area contributed by atoms with Crippen LogP contribution >= 0.6 is 22.7 Å². The standard InChI is InChI=1S/C19H15NO4S2/c1-2-13-12(9-20)16(17(26-13)19(23)24)11-5-3-10(4-6-11)14-7-8-15(25-14)18(21)22/h3-9,20H,2H2,1H3,(H,21,22)(H,23,24). The number of rotatable bonds is 6. The van der Waals surface area contributed by atoms with Crippen LogP contribution in [0, 0.1) is 5.41 Å². The van der Waals surface area contributed by atoms with E-state index in [-0.39, 0.29) is 9.75 Å². The molecule has 0 radical (unpaired) electrons. The van der Waals surface area contributed by atoms with E-state index in [0.717, 1.165) is 20.9 Å². The van der Waals surface area contributed by atoms with Crippen LogP contribution in [0.3, 0.4) is 0 Å². The normalized spacial score (nSPS) is 10.7. The molecule has 0 atom stereocenters. The van der Waals surface area contributed by atoms with Crippen molar-refractivity contribution in [3.8, 4) is 21.6 Å². The summed E-state index contributed by atoms with van der Waals surface area (Å²) in [5.74, 6) is -1.95. The number of aromatic carboxylic acids is 2. The van der Waals surface area contributed by atoms with E-state index < -0.39 is 11.9 Å². The number of hydrogen-bond acceptors (Lipinski definition) is 5. The van der Waals surface area contributed by atoms with Crippen LogP contribution in [0.2, 0.25) is 0 Å². The molecule has 3 N–H and O–H groups in total. The Hall–Kier alpha value is -2.77. The number of hydrogen-bond donors (Lipinski definition) is 3. The molecule has 0 saturated heterocycles. The fourth-order valence-electron chi connectivity index (χ4n) is 2.75. The van der Waals surface area contributed by atoms with Crippen molar-refractivity contribution < 1.29 is 19.8 Å². The molecule has 26 heavy (non-hydrogen) atoms. The molecule has 0 bridgehead atoms. The molecule has 0 aliphatic rings. The molecule has 5 nitrogen and oxygen atoms in total. The zero-order valence-electron chi connectivity index (χ0n) is 13.8. The van der Waals surface area contributed by atoms with Crippen LogP contribution in [-0.2, 0) is 6.42 Å². The van der Waals surface area contributed by atoms with Gasteiger partial charge in [0.05, 0.1) is 0 Å². The van der Waals surface area contributed by atoms with Crippen LogP contribution in [0.1, 0.15) is 36.7 Å². The number of carboxylic acids is 2. The molecule has 0 saturated carbocycles. The fraction of sp³-hybridized carbons (Fsp3) is 0.105. The number of aryl methyl sites for hydroxylation is 1. The van der Waals surface area contributed by atoms with Crippen molar-refractivity contribution in [3.05, 3.63) is 56.6 Å². The third-order valence-electron chi connectivity index (χ3n) is 3.96. The Balaban J connectivity index is 2.06. The molecule has 3 aromatic rings. The van der Waals surface area contributed by atoms with Crippen molar-refractivity contribution in [2.45, 2.75) is 13.3 Å². The Bertz CT molecular complexity index is 999. The Morgan fingerprint density at radius 1 is 1.00 bits per heavy atom. The molecular weight excluding hydrogens is 370 g/mol. The Labute approximate surface area is 157 Å². The predicted molar refractivity (Wildman–Crippen MR) is 104 cm³/mol. The average Bonchev–Trinajstić information content (AvgIpc) is 3.26. The maximum atomic E-state index is 11.6. The lowest BCUT2D eigenvalue weighted by Crippen LogP contribution is -1.96. The van der Waals surface area contributed by atoms with Crippen molar-refractivity contribution in [2.75, 3.05) is 0 Å². The molecule has 7 heteroatoms. The van der Waals surface area contributed by atoms with E-state index in [0.29, 0.717) is 17.5 Å². The average molecular weight is 385 g/mol. The summed E-state index contributed by atoms with van der Waals surface area (Å²) >= 11 is 2.40. The van der Waals surface area contributed by atoms with E-state index in [1.807, 2.05) is 31.2 Å². The molecule has 0 aliphatic carbocycles. The number of nitrogens with one attached hydrogen (secondary N) is 1. The third kappa shape index (κ3) is 3.18. The number of thiophene rings is 2. The van der Waals surface area contributed by atoms with Crippen molar-refractivity contribution in [1.82, 2.24) is 0 Å². The topological polar surface area (TPSA) is 98.4 Å². The first-order valence-corrected chi connectivity index (χ1v) is 9.43. The summed E-state index contributed by atoms with van der Waals surface area (Å²) in [6.45, 7) is 1.94. The summed E-state index contributed by atoms with van der Waals surface area (Å²) < 4.78 is 0. The molecular formula is C19H15NO4S2. The lowest BCUT2D eigenvalue weighted by Gasteiger charge is -2.05. The number of carbonyl (C=O) groups is 2. The first kappa shape index (κ1) is 18.0. The number of carboxylic acid groups (broad SMARTS) is 2. The molecule has 3 rings (SSSR count). The molecule has 0 amide bonds. The second kappa shape index (κ2) is 7.23. The minimum Gasteiger partial charge on any atom is -0.477 e. The van der Waals surface area contributed by atoms with Crippen LogP contribution in [-0.4, -0.2) is 28.4 Å². The van der Waals surface area contributed by atoms with Gasteiger partial charge < -0.3 is 15.6 Å². The van der Waals surface area contributed by atoms with E-state index in [9.17, 15) is 14.7 Å². The Kier molecular flexibility index (Phi) is 5.01. The van der Waals surface area contributed by atoms with E-state index in [2.05, 4.69) is 0 Å². The van der Waals surface area contributed by atoms with Gasteiger partial charge in [-0.2, -0.15) is 0 Å². The summed E-state index contributed by atoms with van der Waals surface area (Å²) in [6, 6.07) is 10.6. The van der Waals surface area contributed by atoms with Gasteiger partial charge in [-0.3, -0.25) is 0 Å². The van der Waals surface area contributed by atoms with Crippen molar-refractivity contribution in [3.63, 3.8) is 0 Å². The molecule has 1 aromatic carbocycles. The maximum absolute atomic E-state index is 11.6. The highest BCUT2D eigenvalue weighted by Crippen LogP contribution is 2.37. The van der Waals surface area contributed by atoms with Gasteiger partial charge in [-0.1, -0.05) is 31.2 Å². The van der Waals surface area contributed by atoms with E-state index in [1.54, 1.807) is 12.1 Å². The molecule has 2 heterocycles. The third-order valence-corrected chi connectivity index (χ3v) is 6.42. The van der Waals surface area contributed by atoms with Crippen LogP contribution in [0.25, 0.3) is 21.6 Å².